The first kappa shape index (κ1) is 7.81. The molecule has 1 nitrogen and oxygen atoms in total. The summed E-state index contributed by atoms with van der Waals surface area (Å²) in [7, 11) is 1.79. The molecule has 0 aromatic rings. The number of methoxy groups -OCH3 is 1. The zero-order chi connectivity index (χ0) is 8.94. The highest BCUT2D eigenvalue weighted by Gasteiger charge is 2.61. The summed E-state index contributed by atoms with van der Waals surface area (Å²) in [6, 6.07) is 0. The van der Waals surface area contributed by atoms with Crippen molar-refractivity contribution in [1.29, 1.82) is 0 Å². The summed E-state index contributed by atoms with van der Waals surface area (Å²) in [5.74, 6) is 0. The molecule has 2 unspecified atom stereocenters. The van der Waals surface area contributed by atoms with E-state index in [1.54, 1.807) is 7.11 Å². The molecule has 13 heavy (non-hydrogen) atoms. The summed E-state index contributed by atoms with van der Waals surface area (Å²) in [5.41, 5.74) is 2.48. The van der Waals surface area contributed by atoms with Crippen molar-refractivity contribution >= 4 is 0 Å². The lowest BCUT2D eigenvalue weighted by molar-refractivity contribution is 0.0592. The molecule has 0 N–H and O–H groups in total. The molecule has 3 aliphatic carbocycles. The maximum Gasteiger partial charge on any atom is 0.0682 e. The summed E-state index contributed by atoms with van der Waals surface area (Å²) in [6.07, 6.45) is 12.8. The predicted molar refractivity (Wildman–Crippen MR) is 52.4 cm³/mol. The lowest BCUT2D eigenvalue weighted by Crippen LogP contribution is -2.55. The Kier molecular flexibility index (Phi) is 1.36. The Morgan fingerprint density at radius 1 is 1.31 bits per heavy atom. The van der Waals surface area contributed by atoms with Gasteiger partial charge in [0.25, 0.3) is 0 Å². The topological polar surface area (TPSA) is 9.23 Å². The van der Waals surface area contributed by atoms with Gasteiger partial charge in [-0.1, -0.05) is 31.1 Å². The number of allylic oxidation sites excluding steroid dienone is 3. The van der Waals surface area contributed by atoms with Crippen molar-refractivity contribution in [3.63, 3.8) is 0 Å². The minimum absolute atomic E-state index is 0.460. The highest BCUT2D eigenvalue weighted by molar-refractivity contribution is 5.53. The van der Waals surface area contributed by atoms with Crippen LogP contribution in [0.1, 0.15) is 25.7 Å². The Balaban J connectivity index is 1.93. The van der Waals surface area contributed by atoms with Gasteiger partial charge >= 0.3 is 0 Å². The molecular weight excluding hydrogens is 160 g/mol. The zero-order valence-electron chi connectivity index (χ0n) is 8.18. The number of hydrogen-bond donors (Lipinski definition) is 0. The molecular formula is C12H16O. The van der Waals surface area contributed by atoms with Crippen LogP contribution in [0, 0.1) is 10.8 Å². The molecule has 70 valence electrons. The Labute approximate surface area is 79.5 Å². The molecule has 0 bridgehead atoms. The number of hydrogen-bond acceptors (Lipinski definition) is 1. The van der Waals surface area contributed by atoms with Gasteiger partial charge in [-0.15, -0.1) is 0 Å². The van der Waals surface area contributed by atoms with Gasteiger partial charge in [-0.2, -0.15) is 0 Å². The Morgan fingerprint density at radius 3 is 2.77 bits per heavy atom. The molecule has 1 saturated carbocycles. The van der Waals surface area contributed by atoms with Gasteiger partial charge in [0.05, 0.1) is 6.61 Å². The van der Waals surface area contributed by atoms with Crippen LogP contribution in [-0.4, -0.2) is 13.7 Å². The standard InChI is InChI=1S/C12H16O/c1-13-9-10-8-11-4-2-3-5-12(10,11)7-6-11/h6-8H,2-5,9H2,1H3. The first-order chi connectivity index (χ1) is 6.33. The molecule has 1 heteroatoms. The summed E-state index contributed by atoms with van der Waals surface area (Å²) in [5, 5.41) is 0. The Morgan fingerprint density at radius 2 is 2.15 bits per heavy atom. The monoisotopic (exact) mass is 176 g/mol. The van der Waals surface area contributed by atoms with Gasteiger partial charge in [0.15, 0.2) is 0 Å². The second-order valence-corrected chi connectivity index (χ2v) is 4.65. The van der Waals surface area contributed by atoms with Crippen LogP contribution >= 0.6 is 0 Å². The zero-order valence-corrected chi connectivity index (χ0v) is 8.18. The van der Waals surface area contributed by atoms with E-state index in [0.717, 1.165) is 6.61 Å². The molecule has 0 radical (unpaired) electrons. The molecule has 0 aliphatic heterocycles. The molecule has 1 fully saturated rings. The van der Waals surface area contributed by atoms with E-state index >= 15 is 0 Å². The average molecular weight is 176 g/mol. The molecule has 0 heterocycles. The second kappa shape index (κ2) is 2.27. The van der Waals surface area contributed by atoms with Gasteiger partial charge in [0.1, 0.15) is 0 Å². The summed E-state index contributed by atoms with van der Waals surface area (Å²) >= 11 is 0. The molecule has 0 spiro atoms. The van der Waals surface area contributed by atoms with Crippen molar-refractivity contribution in [2.75, 3.05) is 13.7 Å². The SMILES string of the molecule is COCC1=CC23C=CC12CCCC3. The third-order valence-electron chi connectivity index (χ3n) is 4.21. The van der Waals surface area contributed by atoms with E-state index < -0.39 is 0 Å². The normalized spacial score (nSPS) is 45.5. The van der Waals surface area contributed by atoms with Gasteiger partial charge in [0, 0.05) is 17.9 Å². The van der Waals surface area contributed by atoms with Crippen molar-refractivity contribution < 1.29 is 4.74 Å². The van der Waals surface area contributed by atoms with Crippen LogP contribution < -0.4 is 0 Å². The molecule has 0 saturated heterocycles. The van der Waals surface area contributed by atoms with E-state index in [2.05, 4.69) is 18.2 Å². The maximum atomic E-state index is 5.24. The van der Waals surface area contributed by atoms with E-state index in [4.69, 9.17) is 4.74 Å². The van der Waals surface area contributed by atoms with E-state index in [1.165, 1.54) is 31.3 Å². The third-order valence-corrected chi connectivity index (χ3v) is 4.21. The lowest BCUT2D eigenvalue weighted by Gasteiger charge is -2.64. The first-order valence-electron chi connectivity index (χ1n) is 5.25. The van der Waals surface area contributed by atoms with Crippen molar-refractivity contribution in [3.05, 3.63) is 23.8 Å². The predicted octanol–water partition coefficient (Wildman–Crippen LogP) is 2.69. The molecule has 0 aromatic heterocycles. The lowest BCUT2D eigenvalue weighted by atomic mass is 9.40. The van der Waals surface area contributed by atoms with Crippen LogP contribution in [0.4, 0.5) is 0 Å². The Bertz CT molecular complexity index is 302. The third kappa shape index (κ3) is 0.690. The van der Waals surface area contributed by atoms with Crippen LogP contribution in [-0.2, 0) is 4.74 Å². The van der Waals surface area contributed by atoms with Crippen LogP contribution in [0.25, 0.3) is 0 Å². The van der Waals surface area contributed by atoms with E-state index in [-0.39, 0.29) is 0 Å². The molecule has 3 rings (SSSR count). The van der Waals surface area contributed by atoms with Crippen LogP contribution in [0.15, 0.2) is 23.8 Å². The minimum atomic E-state index is 0.460. The molecule has 0 aromatic carbocycles. The smallest absolute Gasteiger partial charge is 0.0682 e. The maximum absolute atomic E-state index is 5.24. The van der Waals surface area contributed by atoms with Gasteiger partial charge < -0.3 is 4.74 Å². The number of rotatable bonds is 2. The van der Waals surface area contributed by atoms with Crippen LogP contribution in [0.2, 0.25) is 0 Å². The summed E-state index contributed by atoms with van der Waals surface area (Å²) < 4.78 is 5.24. The quantitative estimate of drug-likeness (QED) is 0.588. The van der Waals surface area contributed by atoms with Crippen LogP contribution in [0.3, 0.4) is 0 Å². The molecule has 3 aliphatic rings. The summed E-state index contributed by atoms with van der Waals surface area (Å²) in [4.78, 5) is 0. The van der Waals surface area contributed by atoms with Crippen molar-refractivity contribution in [2.24, 2.45) is 10.8 Å². The van der Waals surface area contributed by atoms with Gasteiger partial charge in [-0.05, 0) is 18.4 Å². The van der Waals surface area contributed by atoms with Crippen molar-refractivity contribution in [1.82, 2.24) is 0 Å². The first-order valence-corrected chi connectivity index (χ1v) is 5.25. The fourth-order valence-corrected chi connectivity index (χ4v) is 3.45. The highest BCUT2D eigenvalue weighted by atomic mass is 16.5. The fraction of sp³-hybridized carbons (Fsp3) is 0.667. The second-order valence-electron chi connectivity index (χ2n) is 4.65. The molecule has 2 atom stereocenters. The van der Waals surface area contributed by atoms with E-state index in [1.807, 2.05) is 0 Å². The Hall–Kier alpha value is -0.560. The number of ether oxygens (including phenoxy) is 1. The molecule has 0 amide bonds. The van der Waals surface area contributed by atoms with Gasteiger partial charge in [-0.3, -0.25) is 0 Å². The van der Waals surface area contributed by atoms with Crippen LogP contribution in [0.5, 0.6) is 0 Å². The van der Waals surface area contributed by atoms with Gasteiger partial charge in [-0.25, -0.2) is 0 Å². The average Bonchev–Trinajstić information content (AvgIpc) is 2.08. The highest BCUT2D eigenvalue weighted by Crippen LogP contribution is 2.70. The fourth-order valence-electron chi connectivity index (χ4n) is 3.45. The van der Waals surface area contributed by atoms with E-state index in [0.29, 0.717) is 10.8 Å². The summed E-state index contributed by atoms with van der Waals surface area (Å²) in [6.45, 7) is 0.839. The largest absolute Gasteiger partial charge is 0.380 e. The van der Waals surface area contributed by atoms with Crippen molar-refractivity contribution in [2.45, 2.75) is 25.7 Å². The van der Waals surface area contributed by atoms with Crippen molar-refractivity contribution in [3.8, 4) is 0 Å². The van der Waals surface area contributed by atoms with E-state index in [9.17, 15) is 0 Å². The minimum Gasteiger partial charge on any atom is -0.380 e. The van der Waals surface area contributed by atoms with Gasteiger partial charge in [0.2, 0.25) is 0 Å².